The van der Waals surface area contributed by atoms with Crippen LogP contribution in [0.4, 0.5) is 0 Å². The van der Waals surface area contributed by atoms with E-state index in [1.165, 1.54) is 0 Å². The second-order valence-corrected chi connectivity index (χ2v) is 9.51. The van der Waals surface area contributed by atoms with Crippen LogP contribution in [0.3, 0.4) is 0 Å². The number of nitriles is 1. The first-order chi connectivity index (χ1) is 13.2. The van der Waals surface area contributed by atoms with Crippen LogP contribution < -0.4 is 10.6 Å². The number of benzene rings is 2. The van der Waals surface area contributed by atoms with Crippen LogP contribution in [0, 0.1) is 17.9 Å². The van der Waals surface area contributed by atoms with E-state index < -0.39 is 6.89 Å². The van der Waals surface area contributed by atoms with Crippen LogP contribution in [0.15, 0.2) is 83.8 Å². The molecule has 1 aliphatic heterocycles. The van der Waals surface area contributed by atoms with Crippen molar-refractivity contribution in [2.75, 3.05) is 13.1 Å². The summed E-state index contributed by atoms with van der Waals surface area (Å²) in [7, 11) is 0. The number of allylic oxidation sites excluding steroid dienone is 2. The molecule has 3 nitrogen and oxygen atoms in total. The van der Waals surface area contributed by atoms with E-state index in [2.05, 4.69) is 29.7 Å². The van der Waals surface area contributed by atoms with Crippen LogP contribution in [-0.4, -0.2) is 23.4 Å². The molecule has 0 atom stereocenters. The lowest BCUT2D eigenvalue weighted by Gasteiger charge is -2.33. The summed E-state index contributed by atoms with van der Waals surface area (Å²) in [5, 5.41) is 12.9. The van der Waals surface area contributed by atoms with Gasteiger partial charge in [-0.15, -0.1) is 0 Å². The van der Waals surface area contributed by atoms with Gasteiger partial charge in [0.2, 0.25) is 0 Å². The Balaban J connectivity index is 2.47. The van der Waals surface area contributed by atoms with Gasteiger partial charge in [-0.05, 0) is 36.6 Å². The van der Waals surface area contributed by atoms with Gasteiger partial charge in [0.1, 0.15) is 0 Å². The first kappa shape index (κ1) is 18.8. The lowest BCUT2D eigenvalue weighted by Crippen LogP contribution is -2.28. The second-order valence-electron chi connectivity index (χ2n) is 6.19. The van der Waals surface area contributed by atoms with Gasteiger partial charge < -0.3 is 4.90 Å². The van der Waals surface area contributed by atoms with Gasteiger partial charge in [0.05, 0.1) is 18.0 Å². The van der Waals surface area contributed by atoms with Gasteiger partial charge in [0.25, 0.3) is 0 Å². The Morgan fingerprint density at radius 2 is 1.44 bits per heavy atom. The Morgan fingerprint density at radius 3 is 1.85 bits per heavy atom. The molecule has 0 saturated heterocycles. The molecule has 27 heavy (non-hydrogen) atoms. The summed E-state index contributed by atoms with van der Waals surface area (Å²) in [6.07, 6.45) is 3.99. The minimum absolute atomic E-state index is 0.667. The normalized spacial score (nSPS) is 15.2. The standard InChI is InChI=1S/C23H22N3P/c1-4-26(5-2)19-16-22(18-24)27(23(17-19)25-3,20-12-8-6-9-13-20)21-14-10-7-11-15-21/h6-17H,4-5H2,1-2H3. The average Bonchev–Trinajstić information content (AvgIpc) is 2.75. The minimum Gasteiger partial charge on any atom is -0.373 e. The summed E-state index contributed by atoms with van der Waals surface area (Å²) in [5.74, 6) is 0. The average molecular weight is 371 g/mol. The molecule has 0 N–H and O–H groups in total. The summed E-state index contributed by atoms with van der Waals surface area (Å²) in [6, 6.07) is 22.6. The zero-order chi connectivity index (χ0) is 19.3. The maximum absolute atomic E-state index is 10.2. The zero-order valence-corrected chi connectivity index (χ0v) is 16.5. The van der Waals surface area contributed by atoms with E-state index in [4.69, 9.17) is 6.57 Å². The number of nitrogens with zero attached hydrogens (tertiary/aromatic N) is 3. The van der Waals surface area contributed by atoms with Gasteiger partial charge in [0.15, 0.2) is 5.42 Å². The molecule has 0 fully saturated rings. The lowest BCUT2D eigenvalue weighted by atomic mass is 10.3. The maximum Gasteiger partial charge on any atom is 0.197 e. The molecule has 1 aliphatic rings. The highest BCUT2D eigenvalue weighted by atomic mass is 31.2. The van der Waals surface area contributed by atoms with Crippen molar-refractivity contribution >= 4 is 22.9 Å². The van der Waals surface area contributed by atoms with Crippen LogP contribution in [0.2, 0.25) is 0 Å². The van der Waals surface area contributed by atoms with Gasteiger partial charge in [-0.25, -0.2) is 4.85 Å². The fourth-order valence-electron chi connectivity index (χ4n) is 3.61. The van der Waals surface area contributed by atoms with Gasteiger partial charge in [-0.1, -0.05) is 60.7 Å². The van der Waals surface area contributed by atoms with E-state index in [0.29, 0.717) is 10.7 Å². The lowest BCUT2D eigenvalue weighted by molar-refractivity contribution is 0.395. The van der Waals surface area contributed by atoms with E-state index in [1.54, 1.807) is 0 Å². The third-order valence-corrected chi connectivity index (χ3v) is 8.92. The highest BCUT2D eigenvalue weighted by molar-refractivity contribution is 7.93. The van der Waals surface area contributed by atoms with Crippen LogP contribution >= 0.6 is 6.89 Å². The highest BCUT2D eigenvalue weighted by Gasteiger charge is 2.34. The molecule has 0 radical (unpaired) electrons. The zero-order valence-electron chi connectivity index (χ0n) is 15.6. The van der Waals surface area contributed by atoms with Crippen molar-refractivity contribution in [1.29, 1.82) is 5.26 Å². The van der Waals surface area contributed by atoms with Gasteiger partial charge in [-0.2, -0.15) is 5.26 Å². The Morgan fingerprint density at radius 1 is 0.926 bits per heavy atom. The first-order valence-electron chi connectivity index (χ1n) is 9.06. The molecule has 1 heterocycles. The van der Waals surface area contributed by atoms with Gasteiger partial charge >= 0.3 is 0 Å². The Kier molecular flexibility index (Phi) is 5.66. The van der Waals surface area contributed by atoms with E-state index in [-0.39, 0.29) is 0 Å². The topological polar surface area (TPSA) is 31.4 Å². The SMILES string of the molecule is [C-]#[N+]C1=P(c2ccccc2)(c2ccccc2)C(C#N)=CC(N(CC)CC)=C1. The molecule has 2 aromatic carbocycles. The highest BCUT2D eigenvalue weighted by Crippen LogP contribution is 2.57. The molecule has 3 rings (SSSR count). The molecule has 0 saturated carbocycles. The van der Waals surface area contributed by atoms with Crippen molar-refractivity contribution in [3.63, 3.8) is 0 Å². The van der Waals surface area contributed by atoms with Gasteiger partial charge in [-0.3, -0.25) is 0 Å². The van der Waals surface area contributed by atoms with Crippen LogP contribution in [-0.2, 0) is 0 Å². The predicted octanol–water partition coefficient (Wildman–Crippen LogP) is 4.35. The smallest absolute Gasteiger partial charge is 0.197 e. The summed E-state index contributed by atoms with van der Waals surface area (Å²) < 4.78 is 0. The van der Waals surface area contributed by atoms with Crippen molar-refractivity contribution < 1.29 is 0 Å². The molecule has 4 heteroatoms. The second kappa shape index (κ2) is 8.13. The number of likely N-dealkylation sites (N-methyl/N-ethyl adjacent to an activating group) is 1. The maximum atomic E-state index is 10.2. The summed E-state index contributed by atoms with van der Waals surface area (Å²) in [5.41, 5.74) is 1.62. The molecular formula is C23H22N3P. The molecule has 0 unspecified atom stereocenters. The van der Waals surface area contributed by atoms with E-state index in [1.807, 2.05) is 72.8 Å². The molecule has 2 aromatic rings. The Labute approximate surface area is 161 Å². The molecule has 0 bridgehead atoms. The van der Waals surface area contributed by atoms with Gasteiger partial charge in [0, 0.05) is 25.7 Å². The number of rotatable bonds is 5. The van der Waals surface area contributed by atoms with Crippen molar-refractivity contribution in [3.8, 4) is 6.07 Å². The summed E-state index contributed by atoms with van der Waals surface area (Å²) in [6.45, 7) is 11.4. The summed E-state index contributed by atoms with van der Waals surface area (Å²) >= 11 is 0. The first-order valence-corrected chi connectivity index (χ1v) is 10.9. The fraction of sp³-hybridized carbons (Fsp3) is 0.174. The summed E-state index contributed by atoms with van der Waals surface area (Å²) in [4.78, 5) is 6.16. The van der Waals surface area contributed by atoms with Crippen LogP contribution in [0.1, 0.15) is 13.8 Å². The van der Waals surface area contributed by atoms with E-state index in [0.717, 1.165) is 29.4 Å². The van der Waals surface area contributed by atoms with E-state index in [9.17, 15) is 5.26 Å². The predicted molar refractivity (Wildman–Crippen MR) is 115 cm³/mol. The third-order valence-electron chi connectivity index (χ3n) is 4.91. The minimum atomic E-state index is -2.45. The Hall–Kier alpha value is -3.00. The van der Waals surface area contributed by atoms with Crippen molar-refractivity contribution in [3.05, 3.63) is 95.2 Å². The van der Waals surface area contributed by atoms with Crippen molar-refractivity contribution in [2.45, 2.75) is 13.8 Å². The van der Waals surface area contributed by atoms with Crippen LogP contribution in [0.25, 0.3) is 4.85 Å². The molecule has 134 valence electrons. The largest absolute Gasteiger partial charge is 0.373 e. The Bertz CT molecular complexity index is 971. The molecule has 0 spiro atoms. The third kappa shape index (κ3) is 3.12. The molecule has 0 amide bonds. The van der Waals surface area contributed by atoms with E-state index >= 15 is 0 Å². The van der Waals surface area contributed by atoms with Crippen LogP contribution in [0.5, 0.6) is 0 Å². The number of hydrogen-bond acceptors (Lipinski definition) is 2. The molecule has 0 aromatic heterocycles. The van der Waals surface area contributed by atoms with Crippen molar-refractivity contribution in [1.82, 2.24) is 4.90 Å². The molecular weight excluding hydrogens is 349 g/mol. The monoisotopic (exact) mass is 371 g/mol. The molecule has 0 aliphatic carbocycles. The quantitative estimate of drug-likeness (QED) is 0.578. The number of hydrogen-bond donors (Lipinski definition) is 0. The fourth-order valence-corrected chi connectivity index (χ4v) is 7.43. The van der Waals surface area contributed by atoms with Crippen molar-refractivity contribution in [2.24, 2.45) is 0 Å².